The van der Waals surface area contributed by atoms with E-state index in [0.717, 1.165) is 0 Å². The van der Waals surface area contributed by atoms with E-state index in [0.29, 0.717) is 17.0 Å². The summed E-state index contributed by atoms with van der Waals surface area (Å²) in [5.41, 5.74) is 0.596. The van der Waals surface area contributed by atoms with E-state index in [1.165, 1.54) is 0 Å². The summed E-state index contributed by atoms with van der Waals surface area (Å²) in [6, 6.07) is 12.6. The first kappa shape index (κ1) is 12.6. The molecule has 0 fully saturated rings. The van der Waals surface area contributed by atoms with E-state index < -0.39 is 10.8 Å². The van der Waals surface area contributed by atoms with E-state index in [-0.39, 0.29) is 5.78 Å². The Balaban J connectivity index is 2.19. The molecule has 0 N–H and O–H groups in total. The fourth-order valence-electron chi connectivity index (χ4n) is 1.65. The number of Topliss-reactive ketones (excluding diaryl/α,β-unsaturated/α-hetero) is 1. The quantitative estimate of drug-likeness (QED) is 0.618. The van der Waals surface area contributed by atoms with Crippen LogP contribution in [0, 0.1) is 0 Å². The van der Waals surface area contributed by atoms with Crippen LogP contribution in [0.25, 0.3) is 0 Å². The predicted octanol–water partition coefficient (Wildman–Crippen LogP) is 1.59. The average molecular weight is 260 g/mol. The van der Waals surface area contributed by atoms with Gasteiger partial charge in [0.25, 0.3) is 0 Å². The smallest absolute Gasteiger partial charge is 0.227 e. The summed E-state index contributed by atoms with van der Waals surface area (Å²) >= 11 is 0. The van der Waals surface area contributed by atoms with E-state index in [1.54, 1.807) is 30.5 Å². The average Bonchev–Trinajstić information content (AvgIpc) is 2.40. The first-order chi connectivity index (χ1) is 8.66. The van der Waals surface area contributed by atoms with E-state index in [4.69, 9.17) is 0 Å². The molecule has 1 aromatic carbocycles. The highest BCUT2D eigenvalue weighted by Crippen LogP contribution is 2.09. The largest absolute Gasteiger partial charge is 0.287 e. The van der Waals surface area contributed by atoms with E-state index in [2.05, 4.69) is 0 Å². The zero-order valence-corrected chi connectivity index (χ0v) is 10.9. The normalized spacial score (nSPS) is 12.1. The van der Waals surface area contributed by atoms with Crippen molar-refractivity contribution in [3.05, 3.63) is 60.4 Å². The van der Waals surface area contributed by atoms with Gasteiger partial charge in [-0.2, -0.15) is 4.57 Å². The molecule has 2 rings (SSSR count). The maximum atomic E-state index is 12.1. The van der Waals surface area contributed by atoms with Crippen LogP contribution in [0.3, 0.4) is 0 Å². The van der Waals surface area contributed by atoms with Gasteiger partial charge in [0.2, 0.25) is 12.3 Å². The summed E-state index contributed by atoms with van der Waals surface area (Å²) in [5, 5.41) is 0. The first-order valence-electron chi connectivity index (χ1n) is 5.57. The predicted molar refractivity (Wildman–Crippen MR) is 69.7 cm³/mol. The molecule has 0 saturated heterocycles. The fraction of sp³-hybridized carbons (Fsp3) is 0.143. The van der Waals surface area contributed by atoms with Crippen LogP contribution < -0.4 is 4.57 Å². The van der Waals surface area contributed by atoms with Crippen LogP contribution in [-0.4, -0.2) is 16.2 Å². The summed E-state index contributed by atoms with van der Waals surface area (Å²) in [6.07, 6.45) is 5.30. The molecule has 0 aliphatic carbocycles. The lowest BCUT2D eigenvalue weighted by molar-refractivity contribution is -0.683. The SMILES string of the molecule is CS(=O)c1cccc(C(=O)C[n+]2ccccc2)c1. The molecule has 18 heavy (non-hydrogen) atoms. The molecular formula is C14H14NO2S+. The molecule has 3 nitrogen and oxygen atoms in total. The molecule has 2 aromatic rings. The molecule has 1 atom stereocenters. The molecule has 1 aromatic heterocycles. The summed E-state index contributed by atoms with van der Waals surface area (Å²) in [6.45, 7) is 0.292. The Hall–Kier alpha value is -1.81. The molecule has 0 amide bonds. The maximum Gasteiger partial charge on any atom is 0.227 e. The van der Waals surface area contributed by atoms with Gasteiger partial charge in [-0.1, -0.05) is 18.2 Å². The fourth-order valence-corrected chi connectivity index (χ4v) is 2.21. The monoisotopic (exact) mass is 260 g/mol. The highest BCUT2D eigenvalue weighted by atomic mass is 32.2. The van der Waals surface area contributed by atoms with E-state index in [1.807, 2.05) is 35.2 Å². The highest BCUT2D eigenvalue weighted by Gasteiger charge is 2.12. The number of ketones is 1. The van der Waals surface area contributed by atoms with Gasteiger partial charge in [-0.05, 0) is 12.1 Å². The Bertz CT molecular complexity index is 581. The third kappa shape index (κ3) is 3.11. The molecule has 92 valence electrons. The van der Waals surface area contributed by atoms with Crippen LogP contribution in [0.2, 0.25) is 0 Å². The van der Waals surface area contributed by atoms with Gasteiger partial charge in [-0.3, -0.25) is 9.00 Å². The molecule has 0 aliphatic rings. The molecule has 4 heteroatoms. The van der Waals surface area contributed by atoms with Gasteiger partial charge in [-0.15, -0.1) is 0 Å². The molecule has 1 unspecified atom stereocenters. The summed E-state index contributed by atoms with van der Waals surface area (Å²) < 4.78 is 13.2. The van der Waals surface area contributed by atoms with Gasteiger partial charge in [0.05, 0.1) is 0 Å². The maximum absolute atomic E-state index is 12.1. The highest BCUT2D eigenvalue weighted by molar-refractivity contribution is 7.84. The van der Waals surface area contributed by atoms with Crippen LogP contribution >= 0.6 is 0 Å². The second-order valence-corrected chi connectivity index (χ2v) is 5.33. The second-order valence-electron chi connectivity index (χ2n) is 3.95. The number of nitrogens with zero attached hydrogens (tertiary/aromatic N) is 1. The van der Waals surface area contributed by atoms with Crippen molar-refractivity contribution in [3.63, 3.8) is 0 Å². The number of aromatic nitrogens is 1. The van der Waals surface area contributed by atoms with Crippen LogP contribution in [-0.2, 0) is 17.3 Å². The van der Waals surface area contributed by atoms with Gasteiger partial charge >= 0.3 is 0 Å². The minimum Gasteiger partial charge on any atom is -0.287 e. The van der Waals surface area contributed by atoms with Gasteiger partial charge < -0.3 is 0 Å². The number of carbonyl (C=O) groups excluding carboxylic acids is 1. The van der Waals surface area contributed by atoms with Crippen molar-refractivity contribution in [3.8, 4) is 0 Å². The van der Waals surface area contributed by atoms with Crippen molar-refractivity contribution in [2.45, 2.75) is 11.4 Å². The summed E-state index contributed by atoms with van der Waals surface area (Å²) in [4.78, 5) is 12.7. The van der Waals surface area contributed by atoms with Gasteiger partial charge in [0, 0.05) is 39.6 Å². The molecule has 0 spiro atoms. The topological polar surface area (TPSA) is 38.0 Å². The zero-order chi connectivity index (χ0) is 13.0. The van der Waals surface area contributed by atoms with E-state index in [9.17, 15) is 9.00 Å². The van der Waals surface area contributed by atoms with Crippen LogP contribution in [0.5, 0.6) is 0 Å². The zero-order valence-electron chi connectivity index (χ0n) is 10.1. The van der Waals surface area contributed by atoms with Gasteiger partial charge in [0.1, 0.15) is 0 Å². The third-order valence-electron chi connectivity index (χ3n) is 2.59. The Labute approximate surface area is 109 Å². The van der Waals surface area contributed by atoms with Crippen LogP contribution in [0.1, 0.15) is 10.4 Å². The van der Waals surface area contributed by atoms with Crippen molar-refractivity contribution in [2.75, 3.05) is 6.26 Å². The number of rotatable bonds is 4. The molecule has 0 radical (unpaired) electrons. The Morgan fingerprint density at radius 2 is 1.89 bits per heavy atom. The number of pyridine rings is 1. The number of benzene rings is 1. The van der Waals surface area contributed by atoms with Crippen molar-refractivity contribution >= 4 is 16.6 Å². The number of carbonyl (C=O) groups is 1. The summed E-state index contributed by atoms with van der Waals surface area (Å²) in [5.74, 6) is 0.0125. The number of hydrogen-bond donors (Lipinski definition) is 0. The minimum atomic E-state index is -1.06. The first-order valence-corrected chi connectivity index (χ1v) is 7.13. The Morgan fingerprint density at radius 3 is 2.56 bits per heavy atom. The Kier molecular flexibility index (Phi) is 3.99. The molecule has 0 aliphatic heterocycles. The van der Waals surface area contributed by atoms with Crippen LogP contribution in [0.4, 0.5) is 0 Å². The number of hydrogen-bond acceptors (Lipinski definition) is 2. The van der Waals surface area contributed by atoms with Crippen molar-refractivity contribution in [1.82, 2.24) is 0 Å². The molecule has 1 heterocycles. The van der Waals surface area contributed by atoms with Crippen molar-refractivity contribution < 1.29 is 13.6 Å². The Morgan fingerprint density at radius 1 is 1.17 bits per heavy atom. The van der Waals surface area contributed by atoms with E-state index >= 15 is 0 Å². The van der Waals surface area contributed by atoms with Crippen LogP contribution in [0.15, 0.2) is 59.8 Å². The van der Waals surface area contributed by atoms with Gasteiger partial charge in [0.15, 0.2) is 12.4 Å². The molecule has 0 saturated carbocycles. The second kappa shape index (κ2) is 5.69. The lowest BCUT2D eigenvalue weighted by Gasteiger charge is -2.01. The lowest BCUT2D eigenvalue weighted by atomic mass is 10.1. The van der Waals surface area contributed by atoms with Crippen molar-refractivity contribution in [2.24, 2.45) is 0 Å². The third-order valence-corrected chi connectivity index (χ3v) is 3.51. The lowest BCUT2D eigenvalue weighted by Crippen LogP contribution is -2.36. The van der Waals surface area contributed by atoms with Gasteiger partial charge in [-0.25, -0.2) is 0 Å². The summed E-state index contributed by atoms with van der Waals surface area (Å²) in [7, 11) is -1.06. The van der Waals surface area contributed by atoms with Crippen molar-refractivity contribution in [1.29, 1.82) is 0 Å². The standard InChI is InChI=1S/C14H14NO2S/c1-18(17)13-7-5-6-12(10-13)14(16)11-15-8-3-2-4-9-15/h2-10H,11H2,1H3/q+1. The minimum absolute atomic E-state index is 0.0125. The molecule has 0 bridgehead atoms. The molecular weight excluding hydrogens is 246 g/mol.